The number of rotatable bonds is 2. The third-order valence-electron chi connectivity index (χ3n) is 3.22. The Morgan fingerprint density at radius 1 is 1.50 bits per heavy atom. The maximum atomic E-state index is 5.91. The lowest BCUT2D eigenvalue weighted by Crippen LogP contribution is -2.52. The van der Waals surface area contributed by atoms with E-state index in [9.17, 15) is 0 Å². The highest BCUT2D eigenvalue weighted by molar-refractivity contribution is 6.17. The van der Waals surface area contributed by atoms with E-state index in [0.717, 1.165) is 30.2 Å². The quantitative estimate of drug-likeness (QED) is 0.771. The highest BCUT2D eigenvalue weighted by atomic mass is 35.5. The van der Waals surface area contributed by atoms with Crippen LogP contribution in [0.4, 0.5) is 5.82 Å². The Morgan fingerprint density at radius 2 is 2.22 bits per heavy atom. The summed E-state index contributed by atoms with van der Waals surface area (Å²) >= 11 is 5.87. The Morgan fingerprint density at radius 3 is 2.78 bits per heavy atom. The molecule has 1 fully saturated rings. The van der Waals surface area contributed by atoms with Crippen molar-refractivity contribution in [3.05, 3.63) is 23.4 Å². The zero-order valence-electron chi connectivity index (χ0n) is 11.5. The summed E-state index contributed by atoms with van der Waals surface area (Å²) in [5, 5.41) is 0. The number of aromatic nitrogens is 1. The first-order valence-corrected chi connectivity index (χ1v) is 6.90. The van der Waals surface area contributed by atoms with E-state index in [1.165, 1.54) is 0 Å². The van der Waals surface area contributed by atoms with Gasteiger partial charge in [0.1, 0.15) is 5.82 Å². The molecule has 0 radical (unpaired) electrons. The van der Waals surface area contributed by atoms with Crippen molar-refractivity contribution in [2.75, 3.05) is 18.0 Å². The normalized spacial score (nSPS) is 23.2. The maximum absolute atomic E-state index is 5.91. The predicted octanol–water partition coefficient (Wildman–Crippen LogP) is 3.13. The predicted molar refractivity (Wildman–Crippen MR) is 75.4 cm³/mol. The van der Waals surface area contributed by atoms with Gasteiger partial charge in [-0.3, -0.25) is 0 Å². The summed E-state index contributed by atoms with van der Waals surface area (Å²) in [5.41, 5.74) is 1.98. The van der Waals surface area contributed by atoms with Gasteiger partial charge in [0.15, 0.2) is 0 Å². The van der Waals surface area contributed by atoms with E-state index in [4.69, 9.17) is 16.3 Å². The third-order valence-corrected chi connectivity index (χ3v) is 3.51. The highest BCUT2D eigenvalue weighted by Gasteiger charge is 2.31. The summed E-state index contributed by atoms with van der Waals surface area (Å²) in [6.07, 6.45) is 0.226. The molecule has 1 aliphatic rings. The van der Waals surface area contributed by atoms with Gasteiger partial charge in [-0.1, -0.05) is 6.07 Å². The Bertz CT molecular complexity index is 434. The van der Waals surface area contributed by atoms with Gasteiger partial charge >= 0.3 is 0 Å². The molecule has 0 saturated carbocycles. The molecule has 1 unspecified atom stereocenters. The van der Waals surface area contributed by atoms with Crippen LogP contribution in [0.15, 0.2) is 12.1 Å². The van der Waals surface area contributed by atoms with Crippen LogP contribution < -0.4 is 4.90 Å². The first kappa shape index (κ1) is 13.6. The molecule has 1 aliphatic heterocycles. The van der Waals surface area contributed by atoms with Crippen molar-refractivity contribution in [2.45, 2.75) is 45.3 Å². The Kier molecular flexibility index (Phi) is 3.83. The lowest BCUT2D eigenvalue weighted by atomic mass is 10.1. The van der Waals surface area contributed by atoms with Gasteiger partial charge in [0, 0.05) is 24.7 Å². The number of aryl methyl sites for hydroxylation is 1. The summed E-state index contributed by atoms with van der Waals surface area (Å²) in [6.45, 7) is 10.1. The van der Waals surface area contributed by atoms with Crippen LogP contribution in [0.5, 0.6) is 0 Å². The van der Waals surface area contributed by atoms with Crippen LogP contribution >= 0.6 is 11.6 Å². The smallest absolute Gasteiger partial charge is 0.128 e. The molecule has 3 nitrogen and oxygen atoms in total. The van der Waals surface area contributed by atoms with E-state index in [2.05, 4.69) is 42.8 Å². The van der Waals surface area contributed by atoms with E-state index >= 15 is 0 Å². The van der Waals surface area contributed by atoms with Crippen molar-refractivity contribution < 1.29 is 4.74 Å². The first-order chi connectivity index (χ1) is 8.41. The van der Waals surface area contributed by atoms with Crippen LogP contribution in [0.2, 0.25) is 0 Å². The number of morpholine rings is 1. The van der Waals surface area contributed by atoms with Crippen LogP contribution in [0, 0.1) is 6.92 Å². The standard InChI is InChI=1S/C14H21ClN2O/c1-10-8-17(9-14(3,4)18-10)13-6-5-12(7-15)11(2)16-13/h5-6,10H,7-9H2,1-4H3. The lowest BCUT2D eigenvalue weighted by molar-refractivity contribution is -0.0751. The van der Waals surface area contributed by atoms with Gasteiger partial charge in [-0.25, -0.2) is 4.98 Å². The molecule has 1 aromatic heterocycles. The van der Waals surface area contributed by atoms with Crippen molar-refractivity contribution in [3.63, 3.8) is 0 Å². The zero-order chi connectivity index (χ0) is 13.3. The molecule has 1 atom stereocenters. The van der Waals surface area contributed by atoms with Crippen LogP contribution in [0.25, 0.3) is 0 Å². The molecule has 1 saturated heterocycles. The minimum absolute atomic E-state index is 0.127. The molecule has 0 N–H and O–H groups in total. The van der Waals surface area contributed by atoms with E-state index < -0.39 is 0 Å². The number of halogens is 1. The Hall–Kier alpha value is -0.800. The monoisotopic (exact) mass is 268 g/mol. The molecule has 100 valence electrons. The number of ether oxygens (including phenoxy) is 1. The van der Waals surface area contributed by atoms with Gasteiger partial charge in [0.2, 0.25) is 0 Å². The largest absolute Gasteiger partial charge is 0.369 e. The summed E-state index contributed by atoms with van der Waals surface area (Å²) in [5.74, 6) is 1.54. The molecule has 18 heavy (non-hydrogen) atoms. The molecule has 0 amide bonds. The molecule has 1 aromatic rings. The second-order valence-electron chi connectivity index (χ2n) is 5.62. The number of nitrogens with zero attached hydrogens (tertiary/aromatic N) is 2. The first-order valence-electron chi connectivity index (χ1n) is 6.36. The fourth-order valence-electron chi connectivity index (χ4n) is 2.52. The van der Waals surface area contributed by atoms with Crippen molar-refractivity contribution in [3.8, 4) is 0 Å². The second-order valence-corrected chi connectivity index (χ2v) is 5.88. The number of pyridine rings is 1. The van der Waals surface area contributed by atoms with Crippen LogP contribution in [0.1, 0.15) is 32.0 Å². The minimum atomic E-state index is -0.127. The van der Waals surface area contributed by atoms with Gasteiger partial charge in [0.25, 0.3) is 0 Å². The number of alkyl halides is 1. The highest BCUT2D eigenvalue weighted by Crippen LogP contribution is 2.25. The SMILES string of the molecule is Cc1nc(N2CC(C)OC(C)(C)C2)ccc1CCl. The molecule has 0 bridgehead atoms. The zero-order valence-corrected chi connectivity index (χ0v) is 12.3. The molecule has 2 rings (SSSR count). The molecule has 2 heterocycles. The van der Waals surface area contributed by atoms with Crippen molar-refractivity contribution >= 4 is 17.4 Å². The van der Waals surface area contributed by atoms with E-state index in [-0.39, 0.29) is 11.7 Å². The summed E-state index contributed by atoms with van der Waals surface area (Å²) < 4.78 is 5.91. The summed E-state index contributed by atoms with van der Waals surface area (Å²) in [7, 11) is 0. The third kappa shape index (κ3) is 2.96. The van der Waals surface area contributed by atoms with Gasteiger partial charge in [-0.15, -0.1) is 11.6 Å². The molecular weight excluding hydrogens is 248 g/mol. The van der Waals surface area contributed by atoms with E-state index in [1.807, 2.05) is 6.92 Å². The average Bonchev–Trinajstić information content (AvgIpc) is 2.26. The maximum Gasteiger partial charge on any atom is 0.128 e. The van der Waals surface area contributed by atoms with E-state index in [0.29, 0.717) is 5.88 Å². The molecule has 0 aliphatic carbocycles. The lowest BCUT2D eigenvalue weighted by Gasteiger charge is -2.42. The van der Waals surface area contributed by atoms with Crippen molar-refractivity contribution in [1.29, 1.82) is 0 Å². The summed E-state index contributed by atoms with van der Waals surface area (Å²) in [4.78, 5) is 6.94. The fourth-order valence-corrected chi connectivity index (χ4v) is 2.80. The van der Waals surface area contributed by atoms with Crippen molar-refractivity contribution in [2.24, 2.45) is 0 Å². The Labute approximate surface area is 114 Å². The molecule has 0 spiro atoms. The van der Waals surface area contributed by atoms with Gasteiger partial charge in [0.05, 0.1) is 11.7 Å². The molecular formula is C14H21ClN2O. The molecule has 0 aromatic carbocycles. The number of hydrogen-bond acceptors (Lipinski definition) is 3. The topological polar surface area (TPSA) is 25.4 Å². The molecule has 4 heteroatoms. The Balaban J connectivity index is 2.23. The van der Waals surface area contributed by atoms with Crippen LogP contribution in [-0.2, 0) is 10.6 Å². The second kappa shape index (κ2) is 5.06. The average molecular weight is 269 g/mol. The summed E-state index contributed by atoms with van der Waals surface area (Å²) in [6, 6.07) is 4.12. The number of hydrogen-bond donors (Lipinski definition) is 0. The van der Waals surface area contributed by atoms with E-state index in [1.54, 1.807) is 0 Å². The fraction of sp³-hybridized carbons (Fsp3) is 0.643. The van der Waals surface area contributed by atoms with Gasteiger partial charge in [-0.05, 0) is 39.3 Å². The van der Waals surface area contributed by atoms with Crippen LogP contribution in [0.3, 0.4) is 0 Å². The minimum Gasteiger partial charge on any atom is -0.369 e. The van der Waals surface area contributed by atoms with Gasteiger partial charge in [-0.2, -0.15) is 0 Å². The van der Waals surface area contributed by atoms with Crippen molar-refractivity contribution in [1.82, 2.24) is 4.98 Å². The van der Waals surface area contributed by atoms with Gasteiger partial charge < -0.3 is 9.64 Å². The number of anilines is 1. The van der Waals surface area contributed by atoms with Crippen LogP contribution in [-0.4, -0.2) is 29.8 Å².